The Morgan fingerprint density at radius 3 is 2.85 bits per heavy atom. The van der Waals surface area contributed by atoms with Crippen LogP contribution in [0.3, 0.4) is 0 Å². The lowest BCUT2D eigenvalue weighted by Gasteiger charge is -2.17. The maximum absolute atomic E-state index is 9.05. The third-order valence-electron chi connectivity index (χ3n) is 3.09. The van der Waals surface area contributed by atoms with Crippen LogP contribution < -0.4 is 5.32 Å². The number of aryl methyl sites for hydroxylation is 1. The average Bonchev–Trinajstić information content (AvgIpc) is 2.70. The van der Waals surface area contributed by atoms with E-state index in [1.165, 1.54) is 5.56 Å². The van der Waals surface area contributed by atoms with Crippen molar-refractivity contribution in [3.05, 3.63) is 35.8 Å². The zero-order chi connectivity index (χ0) is 15.0. The van der Waals surface area contributed by atoms with Crippen molar-refractivity contribution in [1.82, 2.24) is 10.2 Å². The molecule has 0 radical (unpaired) electrons. The van der Waals surface area contributed by atoms with Crippen molar-refractivity contribution >= 4 is 0 Å². The quantitative estimate of drug-likeness (QED) is 0.646. The molecule has 2 N–H and O–H groups in total. The van der Waals surface area contributed by atoms with Crippen LogP contribution >= 0.6 is 0 Å². The smallest absolute Gasteiger partial charge is 0.120 e. The number of rotatable bonds is 10. The highest BCUT2D eigenvalue weighted by molar-refractivity contribution is 5.20. The number of aliphatic hydroxyl groups is 1. The highest BCUT2D eigenvalue weighted by Gasteiger charge is 2.11. The van der Waals surface area contributed by atoms with Gasteiger partial charge in [-0.25, -0.2) is 0 Å². The molecule has 0 fully saturated rings. The second kappa shape index (κ2) is 8.95. The zero-order valence-electron chi connectivity index (χ0n) is 13.0. The predicted molar refractivity (Wildman–Crippen MR) is 82.5 cm³/mol. The topological polar surface area (TPSA) is 48.6 Å². The van der Waals surface area contributed by atoms with E-state index in [9.17, 15) is 0 Å². The molecule has 0 saturated carbocycles. The van der Waals surface area contributed by atoms with Gasteiger partial charge in [-0.3, -0.25) is 4.90 Å². The summed E-state index contributed by atoms with van der Waals surface area (Å²) in [4.78, 5) is 2.11. The van der Waals surface area contributed by atoms with E-state index in [0.717, 1.165) is 31.2 Å². The molecule has 0 aliphatic carbocycles. The lowest BCUT2D eigenvalue weighted by molar-refractivity contribution is 0.193. The lowest BCUT2D eigenvalue weighted by Crippen LogP contribution is -2.26. The molecule has 20 heavy (non-hydrogen) atoms. The summed E-state index contributed by atoms with van der Waals surface area (Å²) in [6.45, 7) is 14.2. The van der Waals surface area contributed by atoms with E-state index in [0.29, 0.717) is 19.0 Å². The number of nitrogens with one attached hydrogen (secondary N) is 1. The first kappa shape index (κ1) is 17.0. The third kappa shape index (κ3) is 5.90. The molecule has 0 aliphatic rings. The van der Waals surface area contributed by atoms with E-state index in [-0.39, 0.29) is 6.61 Å². The molecule has 1 heterocycles. The molecule has 0 spiro atoms. The molecule has 4 heteroatoms. The van der Waals surface area contributed by atoms with Crippen molar-refractivity contribution in [2.24, 2.45) is 5.92 Å². The molecular weight excluding hydrogens is 252 g/mol. The normalized spacial score (nSPS) is 11.5. The van der Waals surface area contributed by atoms with Crippen LogP contribution in [0, 0.1) is 12.8 Å². The summed E-state index contributed by atoms with van der Waals surface area (Å²) < 4.78 is 5.90. The maximum atomic E-state index is 9.05. The van der Waals surface area contributed by atoms with Gasteiger partial charge in [-0.05, 0) is 31.0 Å². The lowest BCUT2D eigenvalue weighted by atomic mass is 10.2. The van der Waals surface area contributed by atoms with Gasteiger partial charge in [-0.1, -0.05) is 19.9 Å². The van der Waals surface area contributed by atoms with Crippen molar-refractivity contribution in [2.45, 2.75) is 33.9 Å². The maximum Gasteiger partial charge on any atom is 0.120 e. The van der Waals surface area contributed by atoms with Crippen LogP contribution in [0.25, 0.3) is 0 Å². The Bertz CT molecular complexity index is 399. The van der Waals surface area contributed by atoms with Crippen LogP contribution in [-0.4, -0.2) is 36.2 Å². The number of nitrogens with zero attached hydrogens (tertiary/aromatic N) is 1. The number of hydrogen-bond donors (Lipinski definition) is 2. The second-order valence-corrected chi connectivity index (χ2v) is 5.59. The zero-order valence-corrected chi connectivity index (χ0v) is 13.0. The molecule has 0 saturated heterocycles. The summed E-state index contributed by atoms with van der Waals surface area (Å²) in [7, 11) is 0. The monoisotopic (exact) mass is 280 g/mol. The van der Waals surface area contributed by atoms with Gasteiger partial charge in [-0.2, -0.15) is 0 Å². The average molecular weight is 280 g/mol. The summed E-state index contributed by atoms with van der Waals surface area (Å²) in [5, 5.41) is 12.4. The van der Waals surface area contributed by atoms with E-state index in [1.54, 1.807) is 0 Å². The van der Waals surface area contributed by atoms with Gasteiger partial charge in [0, 0.05) is 13.1 Å². The Morgan fingerprint density at radius 1 is 1.50 bits per heavy atom. The van der Waals surface area contributed by atoms with Gasteiger partial charge < -0.3 is 14.8 Å². The summed E-state index contributed by atoms with van der Waals surface area (Å²) in [5.74, 6) is 2.58. The molecule has 4 nitrogen and oxygen atoms in total. The van der Waals surface area contributed by atoms with Crippen molar-refractivity contribution in [3.8, 4) is 0 Å². The van der Waals surface area contributed by atoms with Gasteiger partial charge in [0.2, 0.25) is 0 Å². The molecule has 0 bridgehead atoms. The molecule has 0 aromatic carbocycles. The molecular formula is C16H28N2O2. The third-order valence-corrected chi connectivity index (χ3v) is 3.09. The summed E-state index contributed by atoms with van der Waals surface area (Å²) in [6.07, 6.45) is 1.84. The van der Waals surface area contributed by atoms with Crippen LogP contribution in [0.1, 0.15) is 30.9 Å². The van der Waals surface area contributed by atoms with Gasteiger partial charge in [0.1, 0.15) is 11.5 Å². The summed E-state index contributed by atoms with van der Waals surface area (Å²) in [5.41, 5.74) is 1.18. The standard InChI is InChI=1S/C16H28N2O2/c1-5-6-18(7-8-19)12-15-9-14(4)16(20-15)11-17-10-13(2)3/h5,9,13,17,19H,1,6-8,10-12H2,2-4H3. The molecule has 1 aromatic rings. The van der Waals surface area contributed by atoms with E-state index in [4.69, 9.17) is 9.52 Å². The summed E-state index contributed by atoms with van der Waals surface area (Å²) >= 11 is 0. The Hall–Kier alpha value is -1.10. The SMILES string of the molecule is C=CCN(CCO)Cc1cc(C)c(CNCC(C)C)o1. The molecule has 0 aliphatic heterocycles. The number of aliphatic hydroxyl groups excluding tert-OH is 1. The highest BCUT2D eigenvalue weighted by atomic mass is 16.3. The van der Waals surface area contributed by atoms with Crippen molar-refractivity contribution in [1.29, 1.82) is 0 Å². The van der Waals surface area contributed by atoms with Gasteiger partial charge in [-0.15, -0.1) is 6.58 Å². The Morgan fingerprint density at radius 2 is 2.25 bits per heavy atom. The molecule has 1 aromatic heterocycles. The largest absolute Gasteiger partial charge is 0.463 e. The first-order valence-electron chi connectivity index (χ1n) is 7.29. The predicted octanol–water partition coefficient (Wildman–Crippen LogP) is 2.31. The highest BCUT2D eigenvalue weighted by Crippen LogP contribution is 2.16. The van der Waals surface area contributed by atoms with Gasteiger partial charge in [0.15, 0.2) is 0 Å². The van der Waals surface area contributed by atoms with Crippen LogP contribution in [-0.2, 0) is 13.1 Å². The van der Waals surface area contributed by atoms with Gasteiger partial charge in [0.25, 0.3) is 0 Å². The van der Waals surface area contributed by atoms with Crippen LogP contribution in [0.2, 0.25) is 0 Å². The van der Waals surface area contributed by atoms with E-state index < -0.39 is 0 Å². The van der Waals surface area contributed by atoms with Crippen LogP contribution in [0.4, 0.5) is 0 Å². The first-order valence-corrected chi connectivity index (χ1v) is 7.29. The Kier molecular flexibility index (Phi) is 7.59. The van der Waals surface area contributed by atoms with Crippen LogP contribution in [0.5, 0.6) is 0 Å². The van der Waals surface area contributed by atoms with Crippen molar-refractivity contribution in [2.75, 3.05) is 26.2 Å². The van der Waals surface area contributed by atoms with Crippen molar-refractivity contribution < 1.29 is 9.52 Å². The second-order valence-electron chi connectivity index (χ2n) is 5.59. The molecule has 0 amide bonds. The van der Waals surface area contributed by atoms with Gasteiger partial charge in [0.05, 0.1) is 19.7 Å². The fourth-order valence-electron chi connectivity index (χ4n) is 2.10. The molecule has 0 atom stereocenters. The van der Waals surface area contributed by atoms with Gasteiger partial charge >= 0.3 is 0 Å². The van der Waals surface area contributed by atoms with E-state index >= 15 is 0 Å². The van der Waals surface area contributed by atoms with E-state index in [2.05, 4.69) is 43.6 Å². The number of hydrogen-bond acceptors (Lipinski definition) is 4. The Balaban J connectivity index is 2.56. The Labute approximate surface area is 122 Å². The minimum atomic E-state index is 0.149. The van der Waals surface area contributed by atoms with E-state index in [1.807, 2.05) is 6.08 Å². The summed E-state index contributed by atoms with van der Waals surface area (Å²) in [6, 6.07) is 2.08. The minimum Gasteiger partial charge on any atom is -0.463 e. The molecule has 114 valence electrons. The molecule has 1 rings (SSSR count). The fraction of sp³-hybridized carbons (Fsp3) is 0.625. The van der Waals surface area contributed by atoms with Crippen molar-refractivity contribution in [3.63, 3.8) is 0 Å². The fourth-order valence-corrected chi connectivity index (χ4v) is 2.10. The van der Waals surface area contributed by atoms with Crippen LogP contribution in [0.15, 0.2) is 23.1 Å². The molecule has 0 unspecified atom stereocenters. The first-order chi connectivity index (χ1) is 9.56. The number of furan rings is 1. The minimum absolute atomic E-state index is 0.149.